The molecule has 172 valence electrons. The van der Waals surface area contributed by atoms with Crippen LogP contribution in [0.4, 0.5) is 5.69 Å². The molecule has 1 amide bonds. The molecule has 0 saturated carbocycles. The Labute approximate surface area is 200 Å². The van der Waals surface area contributed by atoms with Crippen molar-refractivity contribution in [2.45, 2.75) is 19.0 Å². The van der Waals surface area contributed by atoms with Gasteiger partial charge in [-0.05, 0) is 59.5 Å². The SMILES string of the molecule is CN(C)c1ccc([C@H](CNC(=O)COc2ccc(Cl)cc2)N2CCc3ccccc3C2)cc1. The van der Waals surface area contributed by atoms with Crippen LogP contribution in [0.2, 0.25) is 5.02 Å². The third kappa shape index (κ3) is 6.06. The van der Waals surface area contributed by atoms with Crippen molar-refractivity contribution in [3.8, 4) is 5.75 Å². The molecule has 1 aliphatic rings. The number of halogens is 1. The number of hydrogen-bond acceptors (Lipinski definition) is 4. The van der Waals surface area contributed by atoms with Gasteiger partial charge in [0.15, 0.2) is 6.61 Å². The lowest BCUT2D eigenvalue weighted by Crippen LogP contribution is -2.41. The molecule has 1 heterocycles. The summed E-state index contributed by atoms with van der Waals surface area (Å²) >= 11 is 5.91. The molecule has 1 N–H and O–H groups in total. The summed E-state index contributed by atoms with van der Waals surface area (Å²) in [7, 11) is 4.07. The van der Waals surface area contributed by atoms with Crippen LogP contribution in [-0.4, -0.2) is 44.6 Å². The second kappa shape index (κ2) is 10.7. The predicted octanol–water partition coefficient (Wildman–Crippen LogP) is 4.70. The van der Waals surface area contributed by atoms with Crippen LogP contribution < -0.4 is 15.0 Å². The zero-order valence-electron chi connectivity index (χ0n) is 19.1. The molecule has 33 heavy (non-hydrogen) atoms. The number of carbonyl (C=O) groups excluding carboxylic acids is 1. The molecule has 3 aromatic carbocycles. The van der Waals surface area contributed by atoms with Gasteiger partial charge in [0.05, 0.1) is 6.04 Å². The minimum absolute atomic E-state index is 0.0310. The van der Waals surface area contributed by atoms with Crippen LogP contribution >= 0.6 is 11.6 Å². The quantitative estimate of drug-likeness (QED) is 0.526. The molecule has 0 aromatic heterocycles. The molecule has 0 fully saturated rings. The Balaban J connectivity index is 1.44. The van der Waals surface area contributed by atoms with E-state index in [1.165, 1.54) is 16.7 Å². The Morgan fingerprint density at radius 3 is 2.42 bits per heavy atom. The fraction of sp³-hybridized carbons (Fsp3) is 0.296. The predicted molar refractivity (Wildman–Crippen MR) is 134 cm³/mol. The van der Waals surface area contributed by atoms with Crippen molar-refractivity contribution in [3.05, 3.63) is 94.5 Å². The third-order valence-electron chi connectivity index (χ3n) is 6.07. The summed E-state index contributed by atoms with van der Waals surface area (Å²) in [6.07, 6.45) is 1.01. The van der Waals surface area contributed by atoms with E-state index in [2.05, 4.69) is 63.6 Å². The molecule has 5 nitrogen and oxygen atoms in total. The van der Waals surface area contributed by atoms with Crippen molar-refractivity contribution in [1.29, 1.82) is 0 Å². The summed E-state index contributed by atoms with van der Waals surface area (Å²) in [6.45, 7) is 2.31. The summed E-state index contributed by atoms with van der Waals surface area (Å²) in [4.78, 5) is 17.1. The van der Waals surface area contributed by atoms with Gasteiger partial charge in [-0.3, -0.25) is 9.69 Å². The average molecular weight is 464 g/mol. The van der Waals surface area contributed by atoms with Gasteiger partial charge in [0.2, 0.25) is 0 Å². The van der Waals surface area contributed by atoms with E-state index in [0.29, 0.717) is 17.3 Å². The number of fused-ring (bicyclic) bond motifs is 1. The van der Waals surface area contributed by atoms with E-state index in [9.17, 15) is 4.79 Å². The van der Waals surface area contributed by atoms with E-state index in [0.717, 1.165) is 25.2 Å². The molecule has 4 rings (SSSR count). The van der Waals surface area contributed by atoms with Gasteiger partial charge >= 0.3 is 0 Å². The highest BCUT2D eigenvalue weighted by Gasteiger charge is 2.25. The summed E-state index contributed by atoms with van der Waals surface area (Å²) in [6, 6.07) is 24.3. The lowest BCUT2D eigenvalue weighted by atomic mass is 9.96. The summed E-state index contributed by atoms with van der Waals surface area (Å²) in [5, 5.41) is 3.72. The molecule has 0 aliphatic carbocycles. The Morgan fingerprint density at radius 1 is 1.03 bits per heavy atom. The van der Waals surface area contributed by atoms with Gasteiger partial charge in [0.25, 0.3) is 5.91 Å². The van der Waals surface area contributed by atoms with E-state index in [1.54, 1.807) is 24.3 Å². The van der Waals surface area contributed by atoms with Gasteiger partial charge in [-0.25, -0.2) is 0 Å². The molecular weight excluding hydrogens is 434 g/mol. The maximum Gasteiger partial charge on any atom is 0.258 e. The van der Waals surface area contributed by atoms with Crippen molar-refractivity contribution >= 4 is 23.2 Å². The van der Waals surface area contributed by atoms with Crippen LogP contribution in [0.1, 0.15) is 22.7 Å². The molecule has 0 bridgehead atoms. The topological polar surface area (TPSA) is 44.8 Å². The first kappa shape index (κ1) is 23.1. The smallest absolute Gasteiger partial charge is 0.258 e. The first-order chi connectivity index (χ1) is 16.0. The van der Waals surface area contributed by atoms with Gasteiger partial charge in [-0.1, -0.05) is 48.0 Å². The minimum Gasteiger partial charge on any atom is -0.484 e. The maximum absolute atomic E-state index is 12.6. The monoisotopic (exact) mass is 463 g/mol. The van der Waals surface area contributed by atoms with Crippen molar-refractivity contribution in [2.24, 2.45) is 0 Å². The Bertz CT molecular complexity index is 1070. The van der Waals surface area contributed by atoms with Crippen LogP contribution in [0.25, 0.3) is 0 Å². The maximum atomic E-state index is 12.6. The molecule has 0 unspecified atom stereocenters. The number of anilines is 1. The van der Waals surface area contributed by atoms with E-state index < -0.39 is 0 Å². The van der Waals surface area contributed by atoms with Crippen LogP contribution in [0, 0.1) is 0 Å². The summed E-state index contributed by atoms with van der Waals surface area (Å²) in [5.74, 6) is 0.482. The molecule has 0 saturated heterocycles. The zero-order chi connectivity index (χ0) is 23.2. The summed E-state index contributed by atoms with van der Waals surface area (Å²) < 4.78 is 5.61. The Morgan fingerprint density at radius 2 is 1.73 bits per heavy atom. The molecule has 3 aromatic rings. The van der Waals surface area contributed by atoms with Crippen LogP contribution in [-0.2, 0) is 17.8 Å². The lowest BCUT2D eigenvalue weighted by Gasteiger charge is -2.36. The average Bonchev–Trinajstić information content (AvgIpc) is 2.84. The molecule has 6 heteroatoms. The molecular formula is C27H30ClN3O2. The van der Waals surface area contributed by atoms with Crippen LogP contribution in [0.15, 0.2) is 72.8 Å². The van der Waals surface area contributed by atoms with E-state index >= 15 is 0 Å². The standard InChI is InChI=1S/C27H30ClN3O2/c1-30(2)24-11-7-21(8-12-24)26(31-16-15-20-5-3-4-6-22(20)18-31)17-29-27(32)19-33-25-13-9-23(28)10-14-25/h3-14,26H,15-19H2,1-2H3,(H,29,32)/t26-/m0/s1. The van der Waals surface area contributed by atoms with Crippen molar-refractivity contribution in [2.75, 3.05) is 38.7 Å². The lowest BCUT2D eigenvalue weighted by molar-refractivity contribution is -0.123. The van der Waals surface area contributed by atoms with Crippen LogP contribution in [0.3, 0.4) is 0 Å². The van der Waals surface area contributed by atoms with Gasteiger partial charge < -0.3 is 15.0 Å². The van der Waals surface area contributed by atoms with E-state index in [4.69, 9.17) is 16.3 Å². The Kier molecular flexibility index (Phi) is 7.53. The second-order valence-electron chi connectivity index (χ2n) is 8.54. The van der Waals surface area contributed by atoms with Crippen molar-refractivity contribution < 1.29 is 9.53 Å². The number of nitrogens with zero attached hydrogens (tertiary/aromatic N) is 2. The largest absolute Gasteiger partial charge is 0.484 e. The van der Waals surface area contributed by atoms with Crippen LogP contribution in [0.5, 0.6) is 5.75 Å². The van der Waals surface area contributed by atoms with E-state index in [1.807, 2.05) is 14.1 Å². The first-order valence-corrected chi connectivity index (χ1v) is 11.6. The number of carbonyl (C=O) groups is 1. The molecule has 1 aliphatic heterocycles. The molecule has 1 atom stereocenters. The summed E-state index contributed by atoms with van der Waals surface area (Å²) in [5.41, 5.74) is 5.12. The third-order valence-corrected chi connectivity index (χ3v) is 6.32. The molecule has 0 spiro atoms. The number of benzene rings is 3. The van der Waals surface area contributed by atoms with Gasteiger partial charge in [0, 0.05) is 44.4 Å². The second-order valence-corrected chi connectivity index (χ2v) is 8.97. The molecule has 0 radical (unpaired) electrons. The van der Waals surface area contributed by atoms with E-state index in [-0.39, 0.29) is 18.6 Å². The normalized spacial score (nSPS) is 14.3. The van der Waals surface area contributed by atoms with Crippen molar-refractivity contribution in [3.63, 3.8) is 0 Å². The zero-order valence-corrected chi connectivity index (χ0v) is 19.9. The minimum atomic E-state index is -0.141. The highest BCUT2D eigenvalue weighted by Crippen LogP contribution is 2.28. The Hall–Kier alpha value is -3.02. The first-order valence-electron chi connectivity index (χ1n) is 11.2. The number of hydrogen-bond donors (Lipinski definition) is 1. The highest BCUT2D eigenvalue weighted by molar-refractivity contribution is 6.30. The number of nitrogens with one attached hydrogen (secondary N) is 1. The fourth-order valence-electron chi connectivity index (χ4n) is 4.18. The number of amides is 1. The van der Waals surface area contributed by atoms with Gasteiger partial charge in [0.1, 0.15) is 5.75 Å². The highest BCUT2D eigenvalue weighted by atomic mass is 35.5. The van der Waals surface area contributed by atoms with Crippen molar-refractivity contribution in [1.82, 2.24) is 10.2 Å². The number of rotatable bonds is 8. The van der Waals surface area contributed by atoms with Gasteiger partial charge in [-0.2, -0.15) is 0 Å². The fourth-order valence-corrected chi connectivity index (χ4v) is 4.30. The van der Waals surface area contributed by atoms with Gasteiger partial charge in [-0.15, -0.1) is 0 Å². The number of ether oxygens (including phenoxy) is 1.